The molecule has 2 N–H and O–H groups in total. The molecule has 0 saturated carbocycles. The minimum Gasteiger partial charge on any atom is -0.396 e. The van der Waals surface area contributed by atoms with Gasteiger partial charge in [-0.15, -0.1) is 0 Å². The van der Waals surface area contributed by atoms with Crippen LogP contribution in [-0.4, -0.2) is 16.8 Å². The second kappa shape index (κ2) is 8.66. The molecule has 4 aromatic rings. The lowest BCUT2D eigenvalue weighted by Gasteiger charge is -2.49. The molecule has 0 aliphatic carbocycles. The molecule has 4 aromatic carbocycles. The summed E-state index contributed by atoms with van der Waals surface area (Å²) in [5.41, 5.74) is 1.20. The summed E-state index contributed by atoms with van der Waals surface area (Å²) in [6.07, 6.45) is 0.362. The number of hydrogen-bond acceptors (Lipinski definition) is 2. The molecule has 0 aliphatic heterocycles. The summed E-state index contributed by atoms with van der Waals surface area (Å²) < 4.78 is 0. The molecule has 30 heavy (non-hydrogen) atoms. The molecular formula is C28H26O2. The first kappa shape index (κ1) is 20.1. The third kappa shape index (κ3) is 3.24. The van der Waals surface area contributed by atoms with Crippen LogP contribution in [0.1, 0.15) is 28.7 Å². The van der Waals surface area contributed by atoms with E-state index in [1.165, 1.54) is 0 Å². The first-order valence-electron chi connectivity index (χ1n) is 10.3. The van der Waals surface area contributed by atoms with E-state index in [0.29, 0.717) is 6.42 Å². The lowest BCUT2D eigenvalue weighted by atomic mass is 9.57. The highest BCUT2D eigenvalue weighted by molar-refractivity contribution is 5.52. The molecule has 4 rings (SSSR count). The Morgan fingerprint density at radius 2 is 0.767 bits per heavy atom. The van der Waals surface area contributed by atoms with Crippen molar-refractivity contribution in [2.45, 2.75) is 17.4 Å². The maximum atomic E-state index is 12.8. The lowest BCUT2D eigenvalue weighted by molar-refractivity contribution is -0.00100. The monoisotopic (exact) mass is 394 g/mol. The normalized spacial score (nSPS) is 11.9. The van der Waals surface area contributed by atoms with Gasteiger partial charge in [0.1, 0.15) is 5.60 Å². The van der Waals surface area contributed by atoms with Gasteiger partial charge in [0.05, 0.1) is 5.41 Å². The van der Waals surface area contributed by atoms with E-state index in [4.69, 9.17) is 0 Å². The van der Waals surface area contributed by atoms with Crippen molar-refractivity contribution in [2.24, 2.45) is 0 Å². The summed E-state index contributed by atoms with van der Waals surface area (Å²) in [4.78, 5) is 0. The van der Waals surface area contributed by atoms with E-state index in [1.807, 2.05) is 121 Å². The largest absolute Gasteiger partial charge is 0.396 e. The summed E-state index contributed by atoms with van der Waals surface area (Å²) >= 11 is 0. The fourth-order valence-corrected chi connectivity index (χ4v) is 4.69. The van der Waals surface area contributed by atoms with E-state index in [1.54, 1.807) is 0 Å². The van der Waals surface area contributed by atoms with Crippen LogP contribution in [0.4, 0.5) is 0 Å². The predicted molar refractivity (Wildman–Crippen MR) is 121 cm³/mol. The van der Waals surface area contributed by atoms with E-state index in [9.17, 15) is 10.2 Å². The van der Waals surface area contributed by atoms with Gasteiger partial charge in [0.15, 0.2) is 0 Å². The second-order valence-electron chi connectivity index (χ2n) is 7.55. The Hall–Kier alpha value is -3.20. The summed E-state index contributed by atoms with van der Waals surface area (Å²) in [5.74, 6) is 0. The van der Waals surface area contributed by atoms with Gasteiger partial charge in [-0.1, -0.05) is 121 Å². The molecule has 2 nitrogen and oxygen atoms in total. The average Bonchev–Trinajstić information content (AvgIpc) is 2.84. The molecule has 0 bridgehead atoms. The van der Waals surface area contributed by atoms with Gasteiger partial charge in [0, 0.05) is 6.61 Å². The number of aliphatic hydroxyl groups excluding tert-OH is 1. The summed E-state index contributed by atoms with van der Waals surface area (Å²) in [6, 6.07) is 39.6. The van der Waals surface area contributed by atoms with Crippen LogP contribution in [0.2, 0.25) is 0 Å². The van der Waals surface area contributed by atoms with Gasteiger partial charge in [-0.25, -0.2) is 0 Å². The van der Waals surface area contributed by atoms with E-state index >= 15 is 0 Å². The number of aliphatic hydroxyl groups is 2. The quantitative estimate of drug-likeness (QED) is 0.447. The van der Waals surface area contributed by atoms with Crippen LogP contribution in [0.15, 0.2) is 121 Å². The molecule has 0 aromatic heterocycles. The molecule has 0 amide bonds. The second-order valence-corrected chi connectivity index (χ2v) is 7.55. The van der Waals surface area contributed by atoms with Crippen molar-refractivity contribution in [3.8, 4) is 0 Å². The molecule has 0 spiro atoms. The molecule has 0 unspecified atom stereocenters. The maximum absolute atomic E-state index is 12.8. The van der Waals surface area contributed by atoms with Crippen LogP contribution in [0.5, 0.6) is 0 Å². The highest BCUT2D eigenvalue weighted by Gasteiger charge is 2.54. The molecule has 0 atom stereocenters. The first-order valence-corrected chi connectivity index (χ1v) is 10.3. The molecule has 0 fully saturated rings. The van der Waals surface area contributed by atoms with Gasteiger partial charge in [-0.05, 0) is 28.7 Å². The van der Waals surface area contributed by atoms with E-state index < -0.39 is 11.0 Å². The molecule has 0 radical (unpaired) electrons. The zero-order chi connectivity index (χ0) is 20.9. The van der Waals surface area contributed by atoms with E-state index in [0.717, 1.165) is 22.3 Å². The standard InChI is InChI=1S/C28H26O2/c29-22-21-27(23-13-5-1-6-14-23,24-15-7-2-8-16-24)28(30,25-17-9-3-10-18-25)26-19-11-4-12-20-26/h1-20,29-30H,21-22H2. The zero-order valence-corrected chi connectivity index (χ0v) is 16.9. The SMILES string of the molecule is OCCC(c1ccccc1)(c1ccccc1)C(O)(c1ccccc1)c1ccccc1. The molecule has 0 saturated heterocycles. The van der Waals surface area contributed by atoms with Gasteiger partial charge in [-0.3, -0.25) is 0 Å². The fraction of sp³-hybridized carbons (Fsp3) is 0.143. The van der Waals surface area contributed by atoms with Crippen molar-refractivity contribution in [1.82, 2.24) is 0 Å². The van der Waals surface area contributed by atoms with Crippen LogP contribution < -0.4 is 0 Å². The van der Waals surface area contributed by atoms with Crippen molar-refractivity contribution < 1.29 is 10.2 Å². The summed E-state index contributed by atoms with van der Waals surface area (Å²) in [6.45, 7) is -0.0637. The Kier molecular flexibility index (Phi) is 5.80. The van der Waals surface area contributed by atoms with Crippen LogP contribution in [-0.2, 0) is 11.0 Å². The Bertz CT molecular complexity index is 966. The lowest BCUT2D eigenvalue weighted by Crippen LogP contribution is -2.51. The smallest absolute Gasteiger partial charge is 0.128 e. The van der Waals surface area contributed by atoms with Gasteiger partial charge < -0.3 is 10.2 Å². The first-order chi connectivity index (χ1) is 14.7. The van der Waals surface area contributed by atoms with Crippen LogP contribution in [0, 0.1) is 0 Å². The zero-order valence-electron chi connectivity index (χ0n) is 16.9. The van der Waals surface area contributed by atoms with Crippen molar-refractivity contribution in [3.63, 3.8) is 0 Å². The third-order valence-corrected chi connectivity index (χ3v) is 6.02. The van der Waals surface area contributed by atoms with Crippen LogP contribution in [0.25, 0.3) is 0 Å². The maximum Gasteiger partial charge on any atom is 0.128 e. The minimum atomic E-state index is -1.40. The Balaban J connectivity index is 2.14. The summed E-state index contributed by atoms with van der Waals surface area (Å²) in [5, 5.41) is 23.1. The third-order valence-electron chi connectivity index (χ3n) is 6.02. The van der Waals surface area contributed by atoms with Crippen molar-refractivity contribution in [3.05, 3.63) is 144 Å². The molecule has 2 heteroatoms. The molecule has 150 valence electrons. The van der Waals surface area contributed by atoms with Gasteiger partial charge in [0.2, 0.25) is 0 Å². The minimum absolute atomic E-state index is 0.0637. The van der Waals surface area contributed by atoms with E-state index in [2.05, 4.69) is 0 Å². The van der Waals surface area contributed by atoms with Gasteiger partial charge in [-0.2, -0.15) is 0 Å². The number of benzene rings is 4. The number of rotatable bonds is 7. The van der Waals surface area contributed by atoms with Crippen molar-refractivity contribution in [2.75, 3.05) is 6.61 Å². The van der Waals surface area contributed by atoms with Gasteiger partial charge >= 0.3 is 0 Å². The van der Waals surface area contributed by atoms with E-state index in [-0.39, 0.29) is 6.61 Å². The fourth-order valence-electron chi connectivity index (χ4n) is 4.69. The average molecular weight is 395 g/mol. The van der Waals surface area contributed by atoms with Crippen molar-refractivity contribution >= 4 is 0 Å². The molecule has 0 heterocycles. The Morgan fingerprint density at radius 3 is 1.07 bits per heavy atom. The van der Waals surface area contributed by atoms with Gasteiger partial charge in [0.25, 0.3) is 0 Å². The van der Waals surface area contributed by atoms with Crippen LogP contribution in [0.3, 0.4) is 0 Å². The highest BCUT2D eigenvalue weighted by atomic mass is 16.3. The predicted octanol–water partition coefficient (Wildman–Crippen LogP) is 5.29. The molecular weight excluding hydrogens is 368 g/mol. The molecule has 0 aliphatic rings. The topological polar surface area (TPSA) is 40.5 Å². The Labute approximate surface area is 178 Å². The summed E-state index contributed by atoms with van der Waals surface area (Å²) in [7, 11) is 0. The Morgan fingerprint density at radius 1 is 0.467 bits per heavy atom. The highest BCUT2D eigenvalue weighted by Crippen LogP contribution is 2.53. The van der Waals surface area contributed by atoms with Crippen LogP contribution >= 0.6 is 0 Å². The number of hydrogen-bond donors (Lipinski definition) is 2. The van der Waals surface area contributed by atoms with Crippen molar-refractivity contribution in [1.29, 1.82) is 0 Å².